The second-order valence-electron chi connectivity index (χ2n) is 33.3. The first-order valence-corrected chi connectivity index (χ1v) is 34.0. The molecule has 6 saturated heterocycles. The Bertz CT molecular complexity index is 1440. The molecule has 7 fully saturated rings. The summed E-state index contributed by atoms with van der Waals surface area (Å²) in [6.45, 7) is 76.4. The standard InChI is InChI=1S/C12H26N2.C10H20FN.C10H22N2.C10H21N.C10H20.C9H20N2.C9H19N/c1-11(2)13-7-6-8-14(10-9-13)12(3,4)5;1-9(2,3)12-7-5-10(4,11)6-8-12;1-10(2,3)12-7-5-6-11(4)8-9-12;1-10(2,3)11-8-6-4-5-7-9-11;1-10(2,3)9-7-5-4-6-8-9;1-9(2,3)11-7-4-5-10-6-8-11;1-9(2,3)10-7-5-4-6-8-10/h11H,6-10H2,1-5H3;5-8H2,1-4H3;5-9H2,1-4H3;4-9H2,1-3H3;9H,4-8H2,1-3H3;10H,4-8H2,1-3H3;4-8H2,1-3H3. The molecule has 1 saturated carbocycles. The first-order chi connectivity index (χ1) is 36.6. The molecule has 0 atom stereocenters. The van der Waals surface area contributed by atoms with Crippen molar-refractivity contribution < 1.29 is 4.39 Å². The van der Waals surface area contributed by atoms with Gasteiger partial charge in [-0.25, -0.2) is 4.39 Å². The number of nitrogens with one attached hydrogen (secondary N) is 1. The molecule has 9 nitrogen and oxygen atoms in total. The molecule has 480 valence electrons. The van der Waals surface area contributed by atoms with Crippen molar-refractivity contribution in [1.82, 2.24) is 44.5 Å². The minimum atomic E-state index is -0.915. The van der Waals surface area contributed by atoms with E-state index in [4.69, 9.17) is 0 Å². The number of hydrogen-bond acceptors (Lipinski definition) is 9. The quantitative estimate of drug-likeness (QED) is 0.276. The lowest BCUT2D eigenvalue weighted by atomic mass is 9.72. The molecule has 6 aliphatic heterocycles. The topological polar surface area (TPSA) is 38.0 Å². The van der Waals surface area contributed by atoms with Gasteiger partial charge in [0, 0.05) is 91.6 Å². The van der Waals surface area contributed by atoms with Crippen molar-refractivity contribution >= 4 is 0 Å². The van der Waals surface area contributed by atoms with Crippen LogP contribution >= 0.6 is 0 Å². The number of halogens is 1. The van der Waals surface area contributed by atoms with E-state index in [1.54, 1.807) is 6.92 Å². The molecule has 10 heteroatoms. The Balaban J connectivity index is 0.000000468. The van der Waals surface area contributed by atoms with Gasteiger partial charge in [0.2, 0.25) is 0 Å². The van der Waals surface area contributed by atoms with E-state index in [9.17, 15) is 4.39 Å². The predicted octanol–water partition coefficient (Wildman–Crippen LogP) is 15.9. The number of piperidine rings is 2. The van der Waals surface area contributed by atoms with E-state index < -0.39 is 5.67 Å². The average molecular weight is 1140 g/mol. The Labute approximate surface area is 503 Å². The number of hydrogen-bond donors (Lipinski definition) is 1. The summed E-state index contributed by atoms with van der Waals surface area (Å²) in [6.07, 6.45) is 22.6. The molecule has 0 spiro atoms. The summed E-state index contributed by atoms with van der Waals surface area (Å²) >= 11 is 0. The average Bonchev–Trinajstić information content (AvgIpc) is 3.97. The van der Waals surface area contributed by atoms with Crippen LogP contribution in [0.25, 0.3) is 0 Å². The van der Waals surface area contributed by atoms with Crippen molar-refractivity contribution in [2.24, 2.45) is 11.3 Å². The molecule has 0 aromatic rings. The Morgan fingerprint density at radius 3 is 1.06 bits per heavy atom. The van der Waals surface area contributed by atoms with Crippen LogP contribution < -0.4 is 5.32 Å². The summed E-state index contributed by atoms with van der Waals surface area (Å²) < 4.78 is 13.4. The van der Waals surface area contributed by atoms with E-state index in [-0.39, 0.29) is 5.54 Å². The highest BCUT2D eigenvalue weighted by atomic mass is 19.1. The van der Waals surface area contributed by atoms with Gasteiger partial charge in [-0.2, -0.15) is 0 Å². The Hall–Kier alpha value is -0.430. The fourth-order valence-corrected chi connectivity index (χ4v) is 12.3. The molecule has 0 aromatic heterocycles. The van der Waals surface area contributed by atoms with E-state index in [0.717, 1.165) is 25.6 Å². The van der Waals surface area contributed by atoms with Gasteiger partial charge < -0.3 is 10.2 Å². The fraction of sp³-hybridized carbons (Fsp3) is 1.00. The summed E-state index contributed by atoms with van der Waals surface area (Å²) in [5.41, 5.74) is 1.70. The van der Waals surface area contributed by atoms with Gasteiger partial charge in [0.05, 0.1) is 0 Å². The molecule has 1 aliphatic carbocycles. The highest BCUT2D eigenvalue weighted by molar-refractivity contribution is 4.88. The number of nitrogens with zero attached hydrogens (tertiary/aromatic N) is 8. The summed E-state index contributed by atoms with van der Waals surface area (Å²) in [5.74, 6) is 1.00. The van der Waals surface area contributed by atoms with Crippen LogP contribution in [0, 0.1) is 11.3 Å². The summed E-state index contributed by atoms with van der Waals surface area (Å²) in [5, 5.41) is 3.41. The fourth-order valence-electron chi connectivity index (χ4n) is 12.3. The zero-order valence-corrected chi connectivity index (χ0v) is 59.4. The molecule has 0 unspecified atom stereocenters. The second kappa shape index (κ2) is 36.7. The third-order valence-electron chi connectivity index (χ3n) is 18.6. The monoisotopic (exact) mass is 1130 g/mol. The zero-order valence-electron chi connectivity index (χ0n) is 59.4. The van der Waals surface area contributed by atoms with Gasteiger partial charge in [-0.1, -0.05) is 59.3 Å². The largest absolute Gasteiger partial charge is 0.315 e. The number of likely N-dealkylation sites (N-methyl/N-ethyl adjacent to an activating group) is 1. The van der Waals surface area contributed by atoms with Crippen LogP contribution in [-0.4, -0.2) is 209 Å². The summed E-state index contributed by atoms with van der Waals surface area (Å²) in [7, 11) is 2.21. The van der Waals surface area contributed by atoms with Gasteiger partial charge in [0.15, 0.2) is 0 Å². The van der Waals surface area contributed by atoms with E-state index in [0.29, 0.717) is 52.0 Å². The van der Waals surface area contributed by atoms with Crippen LogP contribution in [0.5, 0.6) is 0 Å². The smallest absolute Gasteiger partial charge is 0.110 e. The summed E-state index contributed by atoms with van der Waals surface area (Å²) in [6, 6.07) is 0.704. The van der Waals surface area contributed by atoms with Crippen molar-refractivity contribution in [3.63, 3.8) is 0 Å². The second-order valence-corrected chi connectivity index (χ2v) is 33.3. The van der Waals surface area contributed by atoms with Gasteiger partial charge in [0.25, 0.3) is 0 Å². The van der Waals surface area contributed by atoms with Crippen molar-refractivity contribution in [1.29, 1.82) is 0 Å². The van der Waals surface area contributed by atoms with Crippen molar-refractivity contribution in [3.05, 3.63) is 0 Å². The highest BCUT2D eigenvalue weighted by Gasteiger charge is 2.34. The maximum absolute atomic E-state index is 13.4. The first kappa shape index (κ1) is 77.6. The Morgan fingerprint density at radius 1 is 0.350 bits per heavy atom. The Kier molecular flexibility index (Phi) is 35.5. The number of likely N-dealkylation sites (tertiary alicyclic amines) is 3. The molecule has 0 aromatic carbocycles. The van der Waals surface area contributed by atoms with E-state index in [2.05, 4.69) is 211 Å². The van der Waals surface area contributed by atoms with E-state index >= 15 is 0 Å². The third-order valence-corrected chi connectivity index (χ3v) is 18.6. The molecule has 80 heavy (non-hydrogen) atoms. The highest BCUT2D eigenvalue weighted by Crippen LogP contribution is 2.37. The first-order valence-electron chi connectivity index (χ1n) is 34.0. The van der Waals surface area contributed by atoms with E-state index in [1.165, 1.54) is 194 Å². The van der Waals surface area contributed by atoms with Crippen molar-refractivity contribution in [2.45, 2.75) is 320 Å². The van der Waals surface area contributed by atoms with Crippen molar-refractivity contribution in [2.75, 3.05) is 125 Å². The molecule has 0 amide bonds. The van der Waals surface area contributed by atoms with Crippen LogP contribution in [0.15, 0.2) is 0 Å². The molecular weight excluding hydrogens is 986 g/mol. The van der Waals surface area contributed by atoms with E-state index in [1.807, 2.05) is 0 Å². The maximum Gasteiger partial charge on any atom is 0.110 e. The lowest BCUT2D eigenvalue weighted by Crippen LogP contribution is -2.49. The van der Waals surface area contributed by atoms with Crippen LogP contribution in [0.1, 0.15) is 275 Å². The lowest BCUT2D eigenvalue weighted by Gasteiger charge is -2.42. The molecule has 0 radical (unpaired) electrons. The minimum absolute atomic E-state index is 0.205. The molecule has 7 aliphatic rings. The molecule has 1 N–H and O–H groups in total. The van der Waals surface area contributed by atoms with Gasteiger partial charge in [0.1, 0.15) is 5.67 Å². The SMILES string of the molecule is CC(C)(C)C1CCCCC1.CC(C)(C)N1CCCCC1.CC(C)(C)N1CCCCCC1.CC(C)(C)N1CCCNCC1.CC(C)N1CCCN(C(C)(C)C)CC1.CC1(F)CCN(C(C)(C)C)CC1.CN1CCCN(C(C)(C)C)CC1. The van der Waals surface area contributed by atoms with Gasteiger partial charge in [-0.05, 0) is 300 Å². The van der Waals surface area contributed by atoms with Crippen LogP contribution in [0.3, 0.4) is 0 Å². The number of alkyl halides is 1. The molecule has 0 bridgehead atoms. The normalized spacial score (nSPS) is 23.6. The predicted molar refractivity (Wildman–Crippen MR) is 356 cm³/mol. The van der Waals surface area contributed by atoms with Gasteiger partial charge in [-0.3, -0.25) is 34.3 Å². The zero-order chi connectivity index (χ0) is 61.2. The minimum Gasteiger partial charge on any atom is -0.315 e. The third kappa shape index (κ3) is 35.3. The Morgan fingerprint density at radius 2 is 0.675 bits per heavy atom. The number of rotatable bonds is 1. The molecular formula is C70H148FN9. The van der Waals surface area contributed by atoms with Gasteiger partial charge in [-0.15, -0.1) is 0 Å². The van der Waals surface area contributed by atoms with Crippen molar-refractivity contribution in [3.8, 4) is 0 Å². The van der Waals surface area contributed by atoms with Crippen LogP contribution in [0.4, 0.5) is 4.39 Å². The molecule has 7 rings (SSSR count). The van der Waals surface area contributed by atoms with Crippen LogP contribution in [0.2, 0.25) is 0 Å². The van der Waals surface area contributed by atoms with Crippen LogP contribution in [-0.2, 0) is 0 Å². The van der Waals surface area contributed by atoms with Gasteiger partial charge >= 0.3 is 0 Å². The molecule has 6 heterocycles. The maximum atomic E-state index is 13.4. The lowest BCUT2D eigenvalue weighted by molar-refractivity contribution is 0.0280. The summed E-state index contributed by atoms with van der Waals surface area (Å²) in [4.78, 5) is 20.3.